The van der Waals surface area contributed by atoms with E-state index in [1.54, 1.807) is 6.07 Å². The summed E-state index contributed by atoms with van der Waals surface area (Å²) in [5.74, 6) is -0.160. The van der Waals surface area contributed by atoms with Crippen molar-refractivity contribution in [3.63, 3.8) is 0 Å². The molecule has 3 N–H and O–H groups in total. The van der Waals surface area contributed by atoms with Crippen LogP contribution in [0, 0.1) is 5.92 Å². The van der Waals surface area contributed by atoms with Crippen LogP contribution in [0.2, 0.25) is 5.02 Å². The molecule has 1 aromatic rings. The first kappa shape index (κ1) is 17.0. The molecule has 6 nitrogen and oxygen atoms in total. The maximum absolute atomic E-state index is 12.4. The van der Waals surface area contributed by atoms with Gasteiger partial charge in [-0.3, -0.25) is 14.5 Å². The monoisotopic (exact) mass is 351 g/mol. The number of nitrogens with zero attached hydrogens (tertiary/aromatic N) is 1. The van der Waals surface area contributed by atoms with E-state index in [9.17, 15) is 14.7 Å². The van der Waals surface area contributed by atoms with Crippen LogP contribution in [0.3, 0.4) is 0 Å². The number of benzene rings is 1. The number of carbonyl (C=O) groups excluding carboxylic acids is 2. The lowest BCUT2D eigenvalue weighted by Gasteiger charge is -2.30. The predicted octanol–water partition coefficient (Wildman–Crippen LogP) is 1.97. The maximum atomic E-state index is 12.4. The molecule has 0 bridgehead atoms. The standard InChI is InChI=1S/C17H22ClN3O3/c18-12-1-4-15(22)14(9-12)20-17(24)11-5-7-21(8-6-11)10-16(23)19-13-2-3-13/h1,4,9,11,13,22H,2-3,5-8,10H2,(H,19,23)(H,20,24). The number of phenolic OH excluding ortho intramolecular Hbond substituents is 1. The van der Waals surface area contributed by atoms with Crippen molar-refractivity contribution < 1.29 is 14.7 Å². The Morgan fingerprint density at radius 2 is 1.92 bits per heavy atom. The van der Waals surface area contributed by atoms with Crippen LogP contribution < -0.4 is 10.6 Å². The molecule has 2 amide bonds. The number of halogens is 1. The van der Waals surface area contributed by atoms with Crippen LogP contribution in [0.1, 0.15) is 25.7 Å². The third-order valence-corrected chi connectivity index (χ3v) is 4.72. The molecule has 130 valence electrons. The van der Waals surface area contributed by atoms with Crippen molar-refractivity contribution in [3.8, 4) is 5.75 Å². The van der Waals surface area contributed by atoms with Gasteiger partial charge in [0, 0.05) is 17.0 Å². The summed E-state index contributed by atoms with van der Waals surface area (Å²) in [6, 6.07) is 4.94. The van der Waals surface area contributed by atoms with E-state index < -0.39 is 0 Å². The number of aromatic hydroxyl groups is 1. The van der Waals surface area contributed by atoms with Crippen molar-refractivity contribution in [2.45, 2.75) is 31.7 Å². The fourth-order valence-electron chi connectivity index (χ4n) is 2.90. The second-order valence-electron chi connectivity index (χ2n) is 6.54. The van der Waals surface area contributed by atoms with Gasteiger partial charge in [0.05, 0.1) is 12.2 Å². The molecular formula is C17H22ClN3O3. The van der Waals surface area contributed by atoms with Crippen molar-refractivity contribution in [2.75, 3.05) is 25.0 Å². The highest BCUT2D eigenvalue weighted by Crippen LogP contribution is 2.28. The lowest BCUT2D eigenvalue weighted by molar-refractivity contribution is -0.123. The molecule has 7 heteroatoms. The summed E-state index contributed by atoms with van der Waals surface area (Å²) >= 11 is 5.89. The number of hydrogen-bond acceptors (Lipinski definition) is 4. The van der Waals surface area contributed by atoms with Gasteiger partial charge in [-0.1, -0.05) is 11.6 Å². The molecular weight excluding hydrogens is 330 g/mol. The molecule has 2 aliphatic rings. The van der Waals surface area contributed by atoms with E-state index in [0.29, 0.717) is 36.1 Å². The molecule has 1 saturated carbocycles. The molecule has 0 radical (unpaired) electrons. The van der Waals surface area contributed by atoms with E-state index in [1.807, 2.05) is 0 Å². The van der Waals surface area contributed by atoms with Crippen LogP contribution in [-0.4, -0.2) is 47.5 Å². The van der Waals surface area contributed by atoms with Gasteiger partial charge in [-0.05, 0) is 57.0 Å². The largest absolute Gasteiger partial charge is 0.506 e. The third kappa shape index (κ3) is 4.61. The number of likely N-dealkylation sites (tertiary alicyclic amines) is 1. The average Bonchev–Trinajstić information content (AvgIpc) is 3.35. The number of nitrogens with one attached hydrogen (secondary N) is 2. The summed E-state index contributed by atoms with van der Waals surface area (Å²) in [7, 11) is 0. The first-order valence-electron chi connectivity index (χ1n) is 8.32. The molecule has 0 spiro atoms. The summed E-state index contributed by atoms with van der Waals surface area (Å²) in [6.07, 6.45) is 3.57. The minimum atomic E-state index is -0.119. The molecule has 1 aromatic carbocycles. The highest BCUT2D eigenvalue weighted by Gasteiger charge is 2.28. The SMILES string of the molecule is O=C(CN1CCC(C(=O)Nc2cc(Cl)ccc2O)CC1)NC1CC1. The highest BCUT2D eigenvalue weighted by atomic mass is 35.5. The van der Waals surface area contributed by atoms with Crippen molar-refractivity contribution >= 4 is 29.1 Å². The summed E-state index contributed by atoms with van der Waals surface area (Å²) in [5.41, 5.74) is 0.332. The normalized spacial score (nSPS) is 19.0. The number of amides is 2. The molecule has 0 unspecified atom stereocenters. The van der Waals surface area contributed by atoms with Crippen molar-refractivity contribution in [3.05, 3.63) is 23.2 Å². The molecule has 0 aromatic heterocycles. The summed E-state index contributed by atoms with van der Waals surface area (Å²) < 4.78 is 0. The van der Waals surface area contributed by atoms with Gasteiger partial charge in [-0.2, -0.15) is 0 Å². The second-order valence-corrected chi connectivity index (χ2v) is 6.98. The minimum Gasteiger partial charge on any atom is -0.506 e. The van der Waals surface area contributed by atoms with Crippen LogP contribution in [0.4, 0.5) is 5.69 Å². The van der Waals surface area contributed by atoms with E-state index in [4.69, 9.17) is 11.6 Å². The van der Waals surface area contributed by atoms with Crippen molar-refractivity contribution in [2.24, 2.45) is 5.92 Å². The zero-order valence-corrected chi connectivity index (χ0v) is 14.2. The number of rotatable bonds is 5. The van der Waals surface area contributed by atoms with E-state index in [2.05, 4.69) is 15.5 Å². The van der Waals surface area contributed by atoms with Crippen LogP contribution in [0.25, 0.3) is 0 Å². The molecule has 3 rings (SSSR count). The quantitative estimate of drug-likeness (QED) is 0.708. The average molecular weight is 352 g/mol. The summed E-state index contributed by atoms with van der Waals surface area (Å²) in [4.78, 5) is 26.2. The van der Waals surface area contributed by atoms with Crippen LogP contribution in [-0.2, 0) is 9.59 Å². The smallest absolute Gasteiger partial charge is 0.234 e. The Kier molecular flexibility index (Phi) is 5.26. The molecule has 0 atom stereocenters. The molecule has 24 heavy (non-hydrogen) atoms. The van der Waals surface area contributed by atoms with Crippen molar-refractivity contribution in [1.82, 2.24) is 10.2 Å². The number of anilines is 1. The van der Waals surface area contributed by atoms with Crippen molar-refractivity contribution in [1.29, 1.82) is 0 Å². The minimum absolute atomic E-state index is 0.00179. The number of phenols is 1. The van der Waals surface area contributed by atoms with E-state index in [1.165, 1.54) is 12.1 Å². The highest BCUT2D eigenvalue weighted by molar-refractivity contribution is 6.31. The maximum Gasteiger partial charge on any atom is 0.234 e. The van der Waals surface area contributed by atoms with E-state index in [0.717, 1.165) is 25.9 Å². The molecule has 2 fully saturated rings. The Morgan fingerprint density at radius 3 is 2.58 bits per heavy atom. The fraction of sp³-hybridized carbons (Fsp3) is 0.529. The predicted molar refractivity (Wildman–Crippen MR) is 92.1 cm³/mol. The first-order chi connectivity index (χ1) is 11.5. The third-order valence-electron chi connectivity index (χ3n) is 4.48. The van der Waals surface area contributed by atoms with Gasteiger partial charge in [-0.25, -0.2) is 0 Å². The van der Waals surface area contributed by atoms with Gasteiger partial charge in [-0.15, -0.1) is 0 Å². The summed E-state index contributed by atoms with van der Waals surface area (Å²) in [6.45, 7) is 1.84. The number of hydrogen-bond donors (Lipinski definition) is 3. The Morgan fingerprint density at radius 1 is 1.21 bits per heavy atom. The Bertz CT molecular complexity index is 626. The van der Waals surface area contributed by atoms with Gasteiger partial charge in [0.1, 0.15) is 5.75 Å². The zero-order chi connectivity index (χ0) is 17.1. The Balaban J connectivity index is 1.46. The fourth-order valence-corrected chi connectivity index (χ4v) is 3.07. The zero-order valence-electron chi connectivity index (χ0n) is 13.4. The Hall–Kier alpha value is -1.79. The molecule has 1 heterocycles. The number of carbonyl (C=O) groups is 2. The number of piperidine rings is 1. The lowest BCUT2D eigenvalue weighted by Crippen LogP contribution is -2.43. The van der Waals surface area contributed by atoms with E-state index in [-0.39, 0.29) is 23.5 Å². The molecule has 1 aliphatic heterocycles. The second kappa shape index (κ2) is 7.40. The van der Waals surface area contributed by atoms with Crippen LogP contribution >= 0.6 is 11.6 Å². The van der Waals surface area contributed by atoms with E-state index >= 15 is 0 Å². The lowest BCUT2D eigenvalue weighted by atomic mass is 9.95. The topological polar surface area (TPSA) is 81.7 Å². The van der Waals surface area contributed by atoms with Gasteiger partial charge >= 0.3 is 0 Å². The van der Waals surface area contributed by atoms with Crippen LogP contribution in [0.5, 0.6) is 5.75 Å². The van der Waals surface area contributed by atoms with Gasteiger partial charge < -0.3 is 15.7 Å². The first-order valence-corrected chi connectivity index (χ1v) is 8.70. The molecule has 1 saturated heterocycles. The molecule has 1 aliphatic carbocycles. The van der Waals surface area contributed by atoms with Gasteiger partial charge in [0.2, 0.25) is 11.8 Å². The van der Waals surface area contributed by atoms with Gasteiger partial charge in [0.25, 0.3) is 0 Å². The Labute approximate surface area is 146 Å². The summed E-state index contributed by atoms with van der Waals surface area (Å²) in [5, 5.41) is 16.0. The van der Waals surface area contributed by atoms with Gasteiger partial charge in [0.15, 0.2) is 0 Å². The van der Waals surface area contributed by atoms with Crippen LogP contribution in [0.15, 0.2) is 18.2 Å².